The maximum absolute atomic E-state index is 13.7. The maximum Gasteiger partial charge on any atom is 0.422 e. The first-order valence-electron chi connectivity index (χ1n) is 18.1. The fourth-order valence-electron chi connectivity index (χ4n) is 5.90. The van der Waals surface area contributed by atoms with E-state index in [0.717, 1.165) is 24.8 Å². The smallest absolute Gasteiger partial charge is 0.422 e. The Balaban J connectivity index is 1.36. The number of hydrogen-bond acceptors (Lipinski definition) is 12. The average molecular weight is 774 g/mol. The Morgan fingerprint density at radius 2 is 1.62 bits per heavy atom. The molecule has 6 bridgehead atoms. The quantitative estimate of drug-likeness (QED) is 0.218. The third kappa shape index (κ3) is 12.8. The highest BCUT2D eigenvalue weighted by Gasteiger charge is 2.35. The second-order valence-electron chi connectivity index (χ2n) is 14.2. The molecule has 1 saturated heterocycles. The van der Waals surface area contributed by atoms with Gasteiger partial charge in [-0.1, -0.05) is 12.1 Å². The molecule has 1 aromatic heterocycles. The van der Waals surface area contributed by atoms with Gasteiger partial charge in [-0.25, -0.2) is 9.59 Å². The molecule has 0 saturated carbocycles. The van der Waals surface area contributed by atoms with Crippen molar-refractivity contribution in [3.05, 3.63) is 53.6 Å². The van der Waals surface area contributed by atoms with Crippen molar-refractivity contribution in [3.63, 3.8) is 0 Å². The zero-order valence-corrected chi connectivity index (χ0v) is 30.9. The molecule has 3 aliphatic rings. The molecule has 18 heteroatoms. The van der Waals surface area contributed by atoms with Crippen LogP contribution in [0.5, 0.6) is 17.5 Å². The number of carbonyl (C=O) groups is 3. The number of aromatic nitrogens is 3. The van der Waals surface area contributed by atoms with Crippen LogP contribution in [0.2, 0.25) is 0 Å². The molecular weight excluding hydrogens is 727 g/mol. The normalized spacial score (nSPS) is 16.5. The number of halogens is 3. The molecule has 3 aliphatic heterocycles. The number of rotatable bonds is 6. The van der Waals surface area contributed by atoms with Gasteiger partial charge in [0, 0.05) is 31.4 Å². The molecule has 0 aliphatic carbocycles. The predicted octanol–water partition coefficient (Wildman–Crippen LogP) is 6.33. The predicted molar refractivity (Wildman–Crippen MR) is 194 cm³/mol. The van der Waals surface area contributed by atoms with Crippen molar-refractivity contribution in [2.24, 2.45) is 5.92 Å². The van der Waals surface area contributed by atoms with Gasteiger partial charge in [-0.15, -0.1) is 0 Å². The highest BCUT2D eigenvalue weighted by molar-refractivity contribution is 5.99. The van der Waals surface area contributed by atoms with Crippen LogP contribution in [0.4, 0.5) is 35.5 Å². The minimum absolute atomic E-state index is 0.0616. The number of aliphatic carboxylic acids is 1. The molecule has 1 atom stereocenters. The number of carboxylic acids is 1. The number of fused-ring (bicyclic) bond motifs is 10. The summed E-state index contributed by atoms with van der Waals surface area (Å²) in [5.41, 5.74) is 0.530. The zero-order chi connectivity index (χ0) is 39.6. The number of carboxylic acid groups (broad SMARTS) is 1. The lowest BCUT2D eigenvalue weighted by Crippen LogP contribution is -2.50. The van der Waals surface area contributed by atoms with Crippen LogP contribution in [0, 0.1) is 5.92 Å². The molecule has 0 spiro atoms. The summed E-state index contributed by atoms with van der Waals surface area (Å²) in [7, 11) is 0. The molecule has 0 radical (unpaired) electrons. The number of amides is 2. The van der Waals surface area contributed by atoms with Crippen molar-refractivity contribution in [1.82, 2.24) is 25.2 Å². The van der Waals surface area contributed by atoms with Crippen molar-refractivity contribution in [2.45, 2.75) is 83.7 Å². The van der Waals surface area contributed by atoms with E-state index in [4.69, 9.17) is 18.9 Å². The fraction of sp³-hybridized carbons (Fsp3) is 0.514. The van der Waals surface area contributed by atoms with E-state index in [2.05, 4.69) is 30.9 Å². The Morgan fingerprint density at radius 1 is 0.945 bits per heavy atom. The molecule has 4 heterocycles. The molecule has 55 heavy (non-hydrogen) atoms. The summed E-state index contributed by atoms with van der Waals surface area (Å²) >= 11 is 0. The number of anilines is 3. The number of ether oxygens (including phenoxy) is 4. The summed E-state index contributed by atoms with van der Waals surface area (Å²) in [6.45, 7) is 5.17. The summed E-state index contributed by atoms with van der Waals surface area (Å²) < 4.78 is 61.2. The minimum atomic E-state index is -4.64. The van der Waals surface area contributed by atoms with Crippen LogP contribution in [0.25, 0.3) is 0 Å². The van der Waals surface area contributed by atoms with Crippen molar-refractivity contribution >= 4 is 35.6 Å². The number of carbonyl (C=O) groups excluding carboxylic acids is 2. The lowest BCUT2D eigenvalue weighted by molar-refractivity contribution is -0.154. The van der Waals surface area contributed by atoms with Crippen molar-refractivity contribution in [2.75, 3.05) is 43.5 Å². The summed E-state index contributed by atoms with van der Waals surface area (Å²) in [6.07, 6.45) is -1.33. The van der Waals surface area contributed by atoms with E-state index in [0.29, 0.717) is 37.3 Å². The van der Waals surface area contributed by atoms with Gasteiger partial charge in [0.15, 0.2) is 6.61 Å². The van der Waals surface area contributed by atoms with E-state index in [1.807, 2.05) is 24.3 Å². The number of benzene rings is 2. The highest BCUT2D eigenvalue weighted by atomic mass is 19.4. The van der Waals surface area contributed by atoms with Gasteiger partial charge < -0.3 is 44.9 Å². The van der Waals surface area contributed by atoms with E-state index in [-0.39, 0.29) is 49.5 Å². The molecule has 298 valence electrons. The maximum atomic E-state index is 13.7. The molecule has 2 amide bonds. The summed E-state index contributed by atoms with van der Waals surface area (Å²) in [5.74, 6) is -1.77. The lowest BCUT2D eigenvalue weighted by Gasteiger charge is -2.35. The summed E-state index contributed by atoms with van der Waals surface area (Å²) in [5, 5.41) is 18.7. The molecule has 2 aromatic carbocycles. The van der Waals surface area contributed by atoms with Gasteiger partial charge in [-0.3, -0.25) is 4.79 Å². The monoisotopic (exact) mass is 773 g/mol. The van der Waals surface area contributed by atoms with Gasteiger partial charge in [0.2, 0.25) is 11.9 Å². The third-order valence-corrected chi connectivity index (χ3v) is 8.62. The van der Waals surface area contributed by atoms with E-state index in [9.17, 15) is 32.7 Å². The highest BCUT2D eigenvalue weighted by Crippen LogP contribution is 2.29. The van der Waals surface area contributed by atoms with Crippen LogP contribution < -0.4 is 30.2 Å². The number of alkyl halides is 3. The van der Waals surface area contributed by atoms with Gasteiger partial charge in [0.05, 0.1) is 18.8 Å². The van der Waals surface area contributed by atoms with E-state index >= 15 is 0 Å². The fourth-order valence-corrected chi connectivity index (χ4v) is 5.90. The summed E-state index contributed by atoms with van der Waals surface area (Å²) in [6, 6.07) is 9.93. The third-order valence-electron chi connectivity index (χ3n) is 8.62. The van der Waals surface area contributed by atoms with Gasteiger partial charge in [-0.2, -0.15) is 28.1 Å². The molecule has 1 fully saturated rings. The van der Waals surface area contributed by atoms with Crippen LogP contribution >= 0.6 is 0 Å². The minimum Gasteiger partial charge on any atom is -0.494 e. The van der Waals surface area contributed by atoms with Gasteiger partial charge in [0.1, 0.15) is 23.1 Å². The molecule has 3 aromatic rings. The number of nitrogens with one attached hydrogen (secondary N) is 3. The van der Waals surface area contributed by atoms with Crippen LogP contribution in [0.3, 0.4) is 0 Å². The molecular formula is C37H46F3N7O8. The van der Waals surface area contributed by atoms with E-state index < -0.39 is 54.3 Å². The first-order chi connectivity index (χ1) is 26.1. The standard InChI is InChI=1S/C37H46F3N7O8/c1-36(2,3)55-35(51)47-16-14-24(15-17-47)29(31(49)50)43-30(48)27-13-10-25-20-28(27)53-19-7-5-4-6-18-52-26-11-8-23(9-12-26)21-41-32-44-33(42-25)46-34(45-32)54-22-37(38,39)40/h8-13,20,24,29H,4-7,14-19,21-22H2,1-3H3,(H,43,48)(H,49,50)(H2,41,42,44,45,46). The lowest BCUT2D eigenvalue weighted by atomic mass is 9.89. The van der Waals surface area contributed by atoms with Gasteiger partial charge >= 0.3 is 24.2 Å². The molecule has 4 N–H and O–H groups in total. The molecule has 1 unspecified atom stereocenters. The van der Waals surface area contributed by atoms with Gasteiger partial charge in [0.25, 0.3) is 5.91 Å². The zero-order valence-electron chi connectivity index (χ0n) is 30.9. The van der Waals surface area contributed by atoms with E-state index in [1.165, 1.54) is 23.1 Å². The largest absolute Gasteiger partial charge is 0.494 e. The van der Waals surface area contributed by atoms with Gasteiger partial charge in [-0.05, 0) is 95.0 Å². The number of hydrogen-bond donors (Lipinski definition) is 4. The Morgan fingerprint density at radius 3 is 2.27 bits per heavy atom. The molecule has 6 rings (SSSR count). The first kappa shape index (κ1) is 40.6. The Hall–Kier alpha value is -5.55. The second-order valence-corrected chi connectivity index (χ2v) is 14.2. The number of nitrogens with zero attached hydrogens (tertiary/aromatic N) is 4. The Labute approximate surface area is 316 Å². The van der Waals surface area contributed by atoms with E-state index in [1.54, 1.807) is 20.8 Å². The summed E-state index contributed by atoms with van der Waals surface area (Å²) in [4.78, 5) is 52.5. The van der Waals surface area contributed by atoms with Crippen molar-refractivity contribution in [3.8, 4) is 17.5 Å². The first-order valence-corrected chi connectivity index (χ1v) is 18.1. The topological polar surface area (TPSA) is 186 Å². The number of likely N-dealkylation sites (tertiary alicyclic amines) is 1. The Kier molecular flexibility index (Phi) is 13.4. The Bertz CT molecular complexity index is 1780. The SMILES string of the molecule is CC(C)(C)OC(=O)N1CCC(C(NC(=O)c2ccc3cc2OCCCCCCOc2ccc(cc2)CNc2nc(nc(OCC(F)(F)F)n2)N3)C(=O)O)CC1. The van der Waals surface area contributed by atoms with Crippen molar-refractivity contribution in [1.29, 1.82) is 0 Å². The molecule has 15 nitrogen and oxygen atoms in total. The average Bonchev–Trinajstić information content (AvgIpc) is 3.12. The number of piperidine rings is 1. The van der Waals surface area contributed by atoms with Crippen LogP contribution in [-0.2, 0) is 16.1 Å². The van der Waals surface area contributed by atoms with Crippen LogP contribution in [0.15, 0.2) is 42.5 Å². The van der Waals surface area contributed by atoms with Crippen LogP contribution in [0.1, 0.15) is 75.2 Å². The van der Waals surface area contributed by atoms with Crippen molar-refractivity contribution < 1.29 is 51.6 Å². The second kappa shape index (κ2) is 18.2. The van der Waals surface area contributed by atoms with Crippen LogP contribution in [-0.4, -0.2) is 93.7 Å².